The van der Waals surface area contributed by atoms with Gasteiger partial charge in [0.1, 0.15) is 5.82 Å². The van der Waals surface area contributed by atoms with Crippen molar-refractivity contribution in [2.75, 3.05) is 11.1 Å². The van der Waals surface area contributed by atoms with Crippen molar-refractivity contribution in [1.29, 1.82) is 5.26 Å². The molecular weight excluding hydrogens is 240 g/mol. The van der Waals surface area contributed by atoms with E-state index in [4.69, 9.17) is 11.0 Å². The number of anilines is 2. The van der Waals surface area contributed by atoms with Crippen LogP contribution in [0.4, 0.5) is 11.5 Å². The van der Waals surface area contributed by atoms with E-state index < -0.39 is 0 Å². The first-order chi connectivity index (χ1) is 9.10. The van der Waals surface area contributed by atoms with Crippen LogP contribution in [0, 0.1) is 18.3 Å². The third-order valence-electron chi connectivity index (χ3n) is 2.67. The van der Waals surface area contributed by atoms with Crippen molar-refractivity contribution in [2.24, 2.45) is 0 Å². The molecule has 0 aliphatic rings. The summed E-state index contributed by atoms with van der Waals surface area (Å²) in [5, 5.41) is 11.4. The summed E-state index contributed by atoms with van der Waals surface area (Å²) in [6.07, 6.45) is 1.50. The third kappa shape index (κ3) is 2.87. The van der Waals surface area contributed by atoms with Crippen molar-refractivity contribution < 1.29 is 4.79 Å². The Morgan fingerprint density at radius 1 is 1.37 bits per heavy atom. The van der Waals surface area contributed by atoms with Crippen molar-refractivity contribution in [2.45, 2.75) is 6.92 Å². The summed E-state index contributed by atoms with van der Waals surface area (Å²) in [6.45, 7) is 1.84. The number of hydrogen-bond acceptors (Lipinski definition) is 4. The van der Waals surface area contributed by atoms with Crippen LogP contribution >= 0.6 is 0 Å². The van der Waals surface area contributed by atoms with Gasteiger partial charge in [-0.2, -0.15) is 5.26 Å². The number of aromatic nitrogens is 1. The minimum absolute atomic E-state index is 0.277. The molecule has 1 aromatic heterocycles. The molecule has 2 rings (SSSR count). The maximum atomic E-state index is 11.9. The Morgan fingerprint density at radius 3 is 2.63 bits per heavy atom. The molecule has 0 radical (unpaired) electrons. The van der Waals surface area contributed by atoms with Crippen molar-refractivity contribution in [3.05, 3.63) is 53.2 Å². The zero-order chi connectivity index (χ0) is 13.8. The molecule has 0 aliphatic carbocycles. The van der Waals surface area contributed by atoms with E-state index in [1.54, 1.807) is 30.3 Å². The minimum Gasteiger partial charge on any atom is -0.397 e. The van der Waals surface area contributed by atoms with E-state index in [0.29, 0.717) is 22.6 Å². The lowest BCUT2D eigenvalue weighted by Crippen LogP contribution is -2.13. The quantitative estimate of drug-likeness (QED) is 0.856. The number of nitrogen functional groups attached to an aromatic ring is 1. The Hall–Kier alpha value is -2.87. The van der Waals surface area contributed by atoms with Gasteiger partial charge >= 0.3 is 0 Å². The normalized spacial score (nSPS) is 9.68. The van der Waals surface area contributed by atoms with Crippen LogP contribution in [0.2, 0.25) is 0 Å². The monoisotopic (exact) mass is 252 g/mol. The molecule has 5 heteroatoms. The van der Waals surface area contributed by atoms with Gasteiger partial charge in [-0.3, -0.25) is 4.79 Å². The van der Waals surface area contributed by atoms with Gasteiger partial charge in [0, 0.05) is 5.56 Å². The van der Waals surface area contributed by atoms with Crippen molar-refractivity contribution in [3.63, 3.8) is 0 Å². The highest BCUT2D eigenvalue weighted by Gasteiger charge is 2.07. The highest BCUT2D eigenvalue weighted by atomic mass is 16.1. The maximum absolute atomic E-state index is 11.9. The summed E-state index contributed by atoms with van der Waals surface area (Å²) in [7, 11) is 0. The van der Waals surface area contributed by atoms with E-state index in [1.807, 2.05) is 13.0 Å². The predicted molar refractivity (Wildman–Crippen MR) is 72.5 cm³/mol. The number of amides is 1. The molecule has 94 valence electrons. The average Bonchev–Trinajstić information content (AvgIpc) is 2.43. The lowest BCUT2D eigenvalue weighted by Gasteiger charge is -2.06. The molecule has 1 aromatic carbocycles. The molecule has 0 spiro atoms. The van der Waals surface area contributed by atoms with Crippen LogP contribution in [0.3, 0.4) is 0 Å². The number of nitrogens with one attached hydrogen (secondary N) is 1. The number of nitriles is 1. The summed E-state index contributed by atoms with van der Waals surface area (Å²) in [5.41, 5.74) is 8.07. The van der Waals surface area contributed by atoms with Crippen LogP contribution in [-0.4, -0.2) is 10.9 Å². The fourth-order valence-electron chi connectivity index (χ4n) is 1.52. The zero-order valence-corrected chi connectivity index (χ0v) is 10.3. The number of carbonyl (C=O) groups excluding carboxylic acids is 1. The number of benzene rings is 1. The second kappa shape index (κ2) is 5.19. The molecule has 0 saturated carbocycles. The number of nitrogens with two attached hydrogens (primary N) is 1. The van der Waals surface area contributed by atoms with Crippen LogP contribution in [-0.2, 0) is 0 Å². The average molecular weight is 252 g/mol. The Kier molecular flexibility index (Phi) is 3.44. The molecule has 0 unspecified atom stereocenters. The first-order valence-corrected chi connectivity index (χ1v) is 5.64. The molecule has 0 bridgehead atoms. The van der Waals surface area contributed by atoms with E-state index in [9.17, 15) is 4.79 Å². The highest BCUT2D eigenvalue weighted by molar-refractivity contribution is 6.03. The lowest BCUT2D eigenvalue weighted by atomic mass is 10.1. The molecule has 2 aromatic rings. The molecule has 0 fully saturated rings. The number of nitrogens with zero attached hydrogens (tertiary/aromatic N) is 2. The molecule has 1 amide bonds. The van der Waals surface area contributed by atoms with Gasteiger partial charge in [-0.25, -0.2) is 4.98 Å². The van der Waals surface area contributed by atoms with E-state index in [-0.39, 0.29) is 5.91 Å². The smallest absolute Gasteiger partial charge is 0.256 e. The fraction of sp³-hybridized carbons (Fsp3) is 0.0714. The molecule has 0 aliphatic heterocycles. The predicted octanol–water partition coefficient (Wildman–Crippen LogP) is 2.10. The van der Waals surface area contributed by atoms with Crippen molar-refractivity contribution in [1.82, 2.24) is 4.98 Å². The molecule has 19 heavy (non-hydrogen) atoms. The molecule has 0 atom stereocenters. The van der Waals surface area contributed by atoms with Gasteiger partial charge < -0.3 is 11.1 Å². The maximum Gasteiger partial charge on any atom is 0.256 e. The summed E-state index contributed by atoms with van der Waals surface area (Å²) in [5.74, 6) is 0.169. The second-order valence-corrected chi connectivity index (χ2v) is 4.07. The summed E-state index contributed by atoms with van der Waals surface area (Å²) < 4.78 is 0. The van der Waals surface area contributed by atoms with Gasteiger partial charge in [0.2, 0.25) is 0 Å². The van der Waals surface area contributed by atoms with Gasteiger partial charge in [0.25, 0.3) is 5.91 Å². The van der Waals surface area contributed by atoms with E-state index >= 15 is 0 Å². The van der Waals surface area contributed by atoms with E-state index in [0.717, 1.165) is 5.56 Å². The molecule has 1 heterocycles. The van der Waals surface area contributed by atoms with Crippen LogP contribution in [0.1, 0.15) is 21.5 Å². The minimum atomic E-state index is -0.277. The van der Waals surface area contributed by atoms with Crippen LogP contribution in [0.25, 0.3) is 0 Å². The SMILES string of the molecule is Cc1cc(NC(=O)c2ccc(C#N)cc2)ncc1N. The first kappa shape index (κ1) is 12.6. The Morgan fingerprint density at radius 2 is 2.05 bits per heavy atom. The third-order valence-corrected chi connectivity index (χ3v) is 2.67. The van der Waals surface area contributed by atoms with Crippen molar-refractivity contribution >= 4 is 17.4 Å². The Labute approximate surface area is 110 Å². The lowest BCUT2D eigenvalue weighted by molar-refractivity contribution is 0.102. The van der Waals surface area contributed by atoms with Crippen LogP contribution in [0.5, 0.6) is 0 Å². The van der Waals surface area contributed by atoms with Crippen molar-refractivity contribution in [3.8, 4) is 6.07 Å². The molecule has 5 nitrogen and oxygen atoms in total. The first-order valence-electron chi connectivity index (χ1n) is 5.64. The molecule has 0 saturated heterocycles. The van der Waals surface area contributed by atoms with Gasteiger partial charge in [0.15, 0.2) is 0 Å². The van der Waals surface area contributed by atoms with Gasteiger partial charge in [-0.05, 0) is 42.8 Å². The van der Waals surface area contributed by atoms with E-state index in [1.165, 1.54) is 6.20 Å². The molecular formula is C14H12N4O. The van der Waals surface area contributed by atoms with Gasteiger partial charge in [-0.15, -0.1) is 0 Å². The number of aryl methyl sites for hydroxylation is 1. The topological polar surface area (TPSA) is 91.8 Å². The Bertz CT molecular complexity index is 656. The standard InChI is InChI=1S/C14H12N4O/c1-9-6-13(17-8-12(9)16)18-14(19)11-4-2-10(7-15)3-5-11/h2-6,8H,16H2,1H3,(H,17,18,19). The second-order valence-electron chi connectivity index (χ2n) is 4.07. The Balaban J connectivity index is 2.16. The number of carbonyl (C=O) groups is 1. The number of pyridine rings is 1. The van der Waals surface area contributed by atoms with Crippen LogP contribution in [0.15, 0.2) is 36.5 Å². The fourth-order valence-corrected chi connectivity index (χ4v) is 1.52. The largest absolute Gasteiger partial charge is 0.397 e. The van der Waals surface area contributed by atoms with E-state index in [2.05, 4.69) is 10.3 Å². The number of rotatable bonds is 2. The van der Waals surface area contributed by atoms with Gasteiger partial charge in [-0.1, -0.05) is 0 Å². The summed E-state index contributed by atoms with van der Waals surface area (Å²) in [6, 6.07) is 10.1. The number of hydrogen-bond donors (Lipinski definition) is 2. The highest BCUT2D eigenvalue weighted by Crippen LogP contribution is 2.14. The molecule has 3 N–H and O–H groups in total. The summed E-state index contributed by atoms with van der Waals surface area (Å²) >= 11 is 0. The summed E-state index contributed by atoms with van der Waals surface area (Å²) in [4.78, 5) is 16.0. The van der Waals surface area contributed by atoms with Gasteiger partial charge in [0.05, 0.1) is 23.5 Å². The zero-order valence-electron chi connectivity index (χ0n) is 10.3. The van der Waals surface area contributed by atoms with Crippen LogP contribution < -0.4 is 11.1 Å².